The number of hydrogen-bond donors (Lipinski definition) is 2. The van der Waals surface area contributed by atoms with Crippen molar-refractivity contribution in [3.05, 3.63) is 51.7 Å². The SMILES string of the molecule is Cc1ccc(CNC(=O)c2ccc(S(=O)(=O)NC3CC3)cc2)s1. The highest BCUT2D eigenvalue weighted by Gasteiger charge is 2.27. The van der Waals surface area contributed by atoms with Crippen molar-refractivity contribution in [1.29, 1.82) is 0 Å². The minimum absolute atomic E-state index is 0.0669. The van der Waals surface area contributed by atoms with Crippen LogP contribution in [0.5, 0.6) is 0 Å². The molecule has 0 aliphatic heterocycles. The number of amides is 1. The van der Waals surface area contributed by atoms with Crippen molar-refractivity contribution in [3.8, 4) is 0 Å². The fourth-order valence-corrected chi connectivity index (χ4v) is 4.26. The normalized spacial score (nSPS) is 14.7. The van der Waals surface area contributed by atoms with Gasteiger partial charge in [0, 0.05) is 21.4 Å². The minimum atomic E-state index is -3.47. The summed E-state index contributed by atoms with van der Waals surface area (Å²) in [5.41, 5.74) is 0.448. The van der Waals surface area contributed by atoms with Crippen LogP contribution in [-0.2, 0) is 16.6 Å². The zero-order valence-electron chi connectivity index (χ0n) is 12.7. The molecule has 0 bridgehead atoms. The van der Waals surface area contributed by atoms with Crippen molar-refractivity contribution in [1.82, 2.24) is 10.0 Å². The van der Waals surface area contributed by atoms with Crippen LogP contribution in [0.25, 0.3) is 0 Å². The molecule has 3 rings (SSSR count). The monoisotopic (exact) mass is 350 g/mol. The number of carbonyl (C=O) groups is 1. The lowest BCUT2D eigenvalue weighted by Crippen LogP contribution is -2.26. The van der Waals surface area contributed by atoms with Crippen LogP contribution in [0.3, 0.4) is 0 Å². The number of benzene rings is 1. The third kappa shape index (κ3) is 4.19. The Labute approximate surface area is 139 Å². The Kier molecular flexibility index (Phi) is 4.52. The molecule has 5 nitrogen and oxygen atoms in total. The highest BCUT2D eigenvalue weighted by molar-refractivity contribution is 7.89. The predicted molar refractivity (Wildman–Crippen MR) is 90.0 cm³/mol. The van der Waals surface area contributed by atoms with Gasteiger partial charge in [0.15, 0.2) is 0 Å². The average molecular weight is 350 g/mol. The van der Waals surface area contributed by atoms with E-state index >= 15 is 0 Å². The van der Waals surface area contributed by atoms with Gasteiger partial charge in [0.25, 0.3) is 5.91 Å². The van der Waals surface area contributed by atoms with Gasteiger partial charge >= 0.3 is 0 Å². The van der Waals surface area contributed by atoms with Crippen LogP contribution in [0.1, 0.15) is 33.0 Å². The second-order valence-corrected chi connectivity index (χ2v) is 8.70. The van der Waals surface area contributed by atoms with Crippen LogP contribution in [0.4, 0.5) is 0 Å². The molecule has 2 aromatic rings. The summed E-state index contributed by atoms with van der Waals surface area (Å²) < 4.78 is 26.8. The Hall–Kier alpha value is -1.70. The molecule has 1 aromatic heterocycles. The van der Waals surface area contributed by atoms with Crippen molar-refractivity contribution >= 4 is 27.3 Å². The second kappa shape index (κ2) is 6.43. The zero-order chi connectivity index (χ0) is 16.4. The minimum Gasteiger partial charge on any atom is -0.347 e. The Morgan fingerprint density at radius 3 is 2.43 bits per heavy atom. The van der Waals surface area contributed by atoms with Crippen LogP contribution < -0.4 is 10.0 Å². The average Bonchev–Trinajstić information content (AvgIpc) is 3.23. The summed E-state index contributed by atoms with van der Waals surface area (Å²) in [5, 5.41) is 2.84. The highest BCUT2D eigenvalue weighted by atomic mass is 32.2. The van der Waals surface area contributed by atoms with Gasteiger partial charge in [-0.05, 0) is 56.2 Å². The molecule has 1 aliphatic rings. The molecular weight excluding hydrogens is 332 g/mol. The van der Waals surface area contributed by atoms with E-state index in [1.54, 1.807) is 11.3 Å². The molecule has 0 unspecified atom stereocenters. The first kappa shape index (κ1) is 16.2. The van der Waals surface area contributed by atoms with Crippen molar-refractivity contribution in [2.75, 3.05) is 0 Å². The molecule has 1 aliphatic carbocycles. The number of carbonyl (C=O) groups excluding carboxylic acids is 1. The molecule has 1 saturated carbocycles. The molecule has 1 heterocycles. The second-order valence-electron chi connectivity index (χ2n) is 5.61. The van der Waals surface area contributed by atoms with Crippen LogP contribution in [-0.4, -0.2) is 20.4 Å². The predicted octanol–water partition coefficient (Wildman–Crippen LogP) is 2.43. The van der Waals surface area contributed by atoms with Crippen molar-refractivity contribution in [2.45, 2.75) is 37.2 Å². The maximum atomic E-state index is 12.1. The van der Waals surface area contributed by atoms with Gasteiger partial charge < -0.3 is 5.32 Å². The largest absolute Gasteiger partial charge is 0.347 e. The van der Waals surface area contributed by atoms with Gasteiger partial charge in [-0.1, -0.05) is 0 Å². The summed E-state index contributed by atoms with van der Waals surface area (Å²) >= 11 is 1.64. The maximum absolute atomic E-state index is 12.1. The third-order valence-electron chi connectivity index (χ3n) is 3.55. The van der Waals surface area contributed by atoms with E-state index in [-0.39, 0.29) is 16.8 Å². The molecule has 0 spiro atoms. The quantitative estimate of drug-likeness (QED) is 0.840. The molecule has 0 atom stereocenters. The number of nitrogens with one attached hydrogen (secondary N) is 2. The first-order valence-electron chi connectivity index (χ1n) is 7.40. The van der Waals surface area contributed by atoms with E-state index in [1.165, 1.54) is 29.1 Å². The maximum Gasteiger partial charge on any atom is 0.251 e. The Morgan fingerprint density at radius 2 is 1.87 bits per heavy atom. The summed E-state index contributed by atoms with van der Waals surface area (Å²) in [6.45, 7) is 2.49. The Bertz CT molecular complexity index is 806. The van der Waals surface area contributed by atoms with E-state index in [0.717, 1.165) is 17.7 Å². The van der Waals surface area contributed by atoms with Crippen LogP contribution in [0.2, 0.25) is 0 Å². The highest BCUT2D eigenvalue weighted by Crippen LogP contribution is 2.22. The smallest absolute Gasteiger partial charge is 0.251 e. The molecule has 23 heavy (non-hydrogen) atoms. The van der Waals surface area contributed by atoms with E-state index < -0.39 is 10.0 Å². The van der Waals surface area contributed by atoms with Crippen LogP contribution in [0, 0.1) is 6.92 Å². The summed E-state index contributed by atoms with van der Waals surface area (Å²) in [6, 6.07) is 10.1. The topological polar surface area (TPSA) is 75.3 Å². The van der Waals surface area contributed by atoms with Crippen molar-refractivity contribution < 1.29 is 13.2 Å². The van der Waals surface area contributed by atoms with E-state index in [2.05, 4.69) is 10.0 Å². The first-order chi connectivity index (χ1) is 10.9. The van der Waals surface area contributed by atoms with Crippen molar-refractivity contribution in [2.24, 2.45) is 0 Å². The summed E-state index contributed by atoms with van der Waals surface area (Å²) in [7, 11) is -3.47. The molecule has 7 heteroatoms. The Morgan fingerprint density at radius 1 is 1.17 bits per heavy atom. The number of rotatable bonds is 6. The van der Waals surface area contributed by atoms with E-state index in [0.29, 0.717) is 12.1 Å². The molecular formula is C16H18N2O3S2. The number of aryl methyl sites for hydroxylation is 1. The molecule has 0 saturated heterocycles. The van der Waals surface area contributed by atoms with E-state index in [4.69, 9.17) is 0 Å². The summed E-state index contributed by atoms with van der Waals surface area (Å²) in [4.78, 5) is 14.6. The lowest BCUT2D eigenvalue weighted by molar-refractivity contribution is 0.0951. The van der Waals surface area contributed by atoms with Crippen LogP contribution in [0.15, 0.2) is 41.3 Å². The number of hydrogen-bond acceptors (Lipinski definition) is 4. The summed E-state index contributed by atoms with van der Waals surface area (Å²) in [5.74, 6) is -0.213. The fourth-order valence-electron chi connectivity index (χ4n) is 2.12. The third-order valence-corrected chi connectivity index (χ3v) is 6.08. The lowest BCUT2D eigenvalue weighted by atomic mass is 10.2. The van der Waals surface area contributed by atoms with Gasteiger partial charge in [-0.2, -0.15) is 0 Å². The molecule has 1 aromatic carbocycles. The molecule has 1 fully saturated rings. The van der Waals surface area contributed by atoms with Gasteiger partial charge in [0.2, 0.25) is 10.0 Å². The standard InChI is InChI=1S/C16H18N2O3S2/c1-11-2-7-14(22-11)10-17-16(19)12-3-8-15(9-4-12)23(20,21)18-13-5-6-13/h2-4,7-9,13,18H,5-6,10H2,1H3,(H,17,19). The van der Waals surface area contributed by atoms with Gasteiger partial charge in [0.05, 0.1) is 11.4 Å². The number of thiophene rings is 1. The van der Waals surface area contributed by atoms with Gasteiger partial charge in [-0.25, -0.2) is 13.1 Å². The van der Waals surface area contributed by atoms with E-state index in [1.807, 2.05) is 19.1 Å². The van der Waals surface area contributed by atoms with Gasteiger partial charge in [-0.15, -0.1) is 11.3 Å². The lowest BCUT2D eigenvalue weighted by Gasteiger charge is -2.07. The van der Waals surface area contributed by atoms with E-state index in [9.17, 15) is 13.2 Å². The summed E-state index contributed by atoms with van der Waals surface area (Å²) in [6.07, 6.45) is 1.78. The molecule has 122 valence electrons. The molecule has 0 radical (unpaired) electrons. The molecule has 1 amide bonds. The van der Waals surface area contributed by atoms with Crippen molar-refractivity contribution in [3.63, 3.8) is 0 Å². The van der Waals surface area contributed by atoms with Gasteiger partial charge in [0.1, 0.15) is 0 Å². The first-order valence-corrected chi connectivity index (χ1v) is 9.70. The van der Waals surface area contributed by atoms with Gasteiger partial charge in [-0.3, -0.25) is 4.79 Å². The Balaban J connectivity index is 1.63. The van der Waals surface area contributed by atoms with Crippen LogP contribution >= 0.6 is 11.3 Å². The zero-order valence-corrected chi connectivity index (χ0v) is 14.3. The fraction of sp³-hybridized carbons (Fsp3) is 0.312. The molecule has 2 N–H and O–H groups in total. The number of sulfonamides is 1.